The lowest BCUT2D eigenvalue weighted by Gasteiger charge is -2.07. The van der Waals surface area contributed by atoms with E-state index >= 15 is 0 Å². The van der Waals surface area contributed by atoms with Gasteiger partial charge in [0.05, 0.1) is 0 Å². The SMILES string of the molecule is Fc1cccc2c(-c3ccccc3)cccc12. The summed E-state index contributed by atoms with van der Waals surface area (Å²) in [6, 6.07) is 21.0. The van der Waals surface area contributed by atoms with Gasteiger partial charge in [-0.05, 0) is 22.6 Å². The molecule has 3 aromatic rings. The van der Waals surface area contributed by atoms with Crippen LogP contribution in [0.4, 0.5) is 4.39 Å². The fraction of sp³-hybridized carbons (Fsp3) is 0. The molecule has 0 aliphatic heterocycles. The zero-order valence-electron chi connectivity index (χ0n) is 9.23. The Bertz CT molecular complexity index is 657. The van der Waals surface area contributed by atoms with E-state index < -0.39 is 0 Å². The quantitative estimate of drug-likeness (QED) is 0.562. The van der Waals surface area contributed by atoms with Crippen molar-refractivity contribution in [2.45, 2.75) is 0 Å². The molecular weight excluding hydrogens is 211 g/mol. The van der Waals surface area contributed by atoms with Crippen LogP contribution in [0.2, 0.25) is 0 Å². The summed E-state index contributed by atoms with van der Waals surface area (Å²) >= 11 is 0. The minimum Gasteiger partial charge on any atom is -0.206 e. The van der Waals surface area contributed by atoms with Gasteiger partial charge in [0.1, 0.15) is 5.82 Å². The van der Waals surface area contributed by atoms with Gasteiger partial charge >= 0.3 is 0 Å². The van der Waals surface area contributed by atoms with E-state index in [1.54, 1.807) is 6.07 Å². The van der Waals surface area contributed by atoms with Crippen molar-refractivity contribution in [1.29, 1.82) is 0 Å². The fourth-order valence-electron chi connectivity index (χ4n) is 2.14. The highest BCUT2D eigenvalue weighted by Gasteiger charge is 2.05. The average molecular weight is 222 g/mol. The lowest BCUT2D eigenvalue weighted by atomic mass is 9.98. The van der Waals surface area contributed by atoms with E-state index in [1.165, 1.54) is 6.07 Å². The molecule has 0 spiro atoms. The van der Waals surface area contributed by atoms with Gasteiger partial charge < -0.3 is 0 Å². The molecule has 0 radical (unpaired) electrons. The van der Waals surface area contributed by atoms with Crippen molar-refractivity contribution in [3.05, 3.63) is 72.5 Å². The summed E-state index contributed by atoms with van der Waals surface area (Å²) in [5.74, 6) is -0.166. The molecule has 3 aromatic carbocycles. The largest absolute Gasteiger partial charge is 0.206 e. The van der Waals surface area contributed by atoms with Gasteiger partial charge in [0.25, 0.3) is 0 Å². The molecule has 0 saturated carbocycles. The van der Waals surface area contributed by atoms with Gasteiger partial charge in [-0.15, -0.1) is 0 Å². The van der Waals surface area contributed by atoms with Crippen LogP contribution < -0.4 is 0 Å². The van der Waals surface area contributed by atoms with Gasteiger partial charge in [0, 0.05) is 5.39 Å². The summed E-state index contributed by atoms with van der Waals surface area (Å²) in [6.45, 7) is 0. The molecule has 0 aliphatic carbocycles. The molecule has 0 fully saturated rings. The standard InChI is InChI=1S/C16H11F/c17-16-11-5-9-14-13(8-4-10-15(14)16)12-6-2-1-3-7-12/h1-11H. The first-order chi connectivity index (χ1) is 8.36. The average Bonchev–Trinajstić information content (AvgIpc) is 2.40. The fourth-order valence-corrected chi connectivity index (χ4v) is 2.14. The lowest BCUT2D eigenvalue weighted by Crippen LogP contribution is -1.83. The van der Waals surface area contributed by atoms with Crippen LogP contribution in [-0.4, -0.2) is 0 Å². The first-order valence-electron chi connectivity index (χ1n) is 5.59. The summed E-state index contributed by atoms with van der Waals surface area (Å²) in [5, 5.41) is 1.63. The predicted molar refractivity (Wildman–Crippen MR) is 69.3 cm³/mol. The molecule has 3 rings (SSSR count). The van der Waals surface area contributed by atoms with Crippen LogP contribution in [-0.2, 0) is 0 Å². The molecule has 1 heteroatoms. The van der Waals surface area contributed by atoms with E-state index in [-0.39, 0.29) is 5.82 Å². The van der Waals surface area contributed by atoms with E-state index in [0.29, 0.717) is 5.39 Å². The van der Waals surface area contributed by atoms with Crippen LogP contribution in [0.5, 0.6) is 0 Å². The van der Waals surface area contributed by atoms with Gasteiger partial charge in [0.15, 0.2) is 0 Å². The maximum Gasteiger partial charge on any atom is 0.131 e. The maximum absolute atomic E-state index is 13.7. The zero-order chi connectivity index (χ0) is 11.7. The molecule has 82 valence electrons. The van der Waals surface area contributed by atoms with Crippen LogP contribution >= 0.6 is 0 Å². The third-order valence-electron chi connectivity index (χ3n) is 2.95. The lowest BCUT2D eigenvalue weighted by molar-refractivity contribution is 0.640. The zero-order valence-corrected chi connectivity index (χ0v) is 9.23. The Kier molecular flexibility index (Phi) is 2.37. The second-order valence-corrected chi connectivity index (χ2v) is 4.01. The van der Waals surface area contributed by atoms with Crippen molar-refractivity contribution < 1.29 is 4.39 Å². The summed E-state index contributed by atoms with van der Waals surface area (Å²) in [7, 11) is 0. The van der Waals surface area contributed by atoms with Crippen LogP contribution in [0.25, 0.3) is 21.9 Å². The number of hydrogen-bond donors (Lipinski definition) is 0. The van der Waals surface area contributed by atoms with Gasteiger partial charge in [-0.3, -0.25) is 0 Å². The smallest absolute Gasteiger partial charge is 0.131 e. The number of hydrogen-bond acceptors (Lipinski definition) is 0. The van der Waals surface area contributed by atoms with Crippen molar-refractivity contribution in [1.82, 2.24) is 0 Å². The Hall–Kier alpha value is -2.15. The van der Waals surface area contributed by atoms with E-state index in [4.69, 9.17) is 0 Å². The number of halogens is 1. The Morgan fingerprint density at radius 1 is 0.588 bits per heavy atom. The molecule has 0 N–H and O–H groups in total. The summed E-state index contributed by atoms with van der Waals surface area (Å²) in [6.07, 6.45) is 0. The Balaban J connectivity index is 2.35. The molecule has 0 aromatic heterocycles. The van der Waals surface area contributed by atoms with Gasteiger partial charge in [-0.25, -0.2) is 4.39 Å². The van der Waals surface area contributed by atoms with Crippen LogP contribution in [0.1, 0.15) is 0 Å². The highest BCUT2D eigenvalue weighted by molar-refractivity contribution is 5.96. The molecule has 0 atom stereocenters. The third-order valence-corrected chi connectivity index (χ3v) is 2.95. The van der Waals surface area contributed by atoms with E-state index in [0.717, 1.165) is 16.5 Å². The Morgan fingerprint density at radius 3 is 2.12 bits per heavy atom. The van der Waals surface area contributed by atoms with Crippen LogP contribution in [0, 0.1) is 5.82 Å². The van der Waals surface area contributed by atoms with Crippen molar-refractivity contribution in [2.24, 2.45) is 0 Å². The predicted octanol–water partition coefficient (Wildman–Crippen LogP) is 4.65. The highest BCUT2D eigenvalue weighted by atomic mass is 19.1. The Labute approximate surface area is 99.3 Å². The summed E-state index contributed by atoms with van der Waals surface area (Å²) < 4.78 is 13.7. The molecule has 17 heavy (non-hydrogen) atoms. The van der Waals surface area contributed by atoms with Crippen molar-refractivity contribution in [2.75, 3.05) is 0 Å². The number of rotatable bonds is 1. The van der Waals surface area contributed by atoms with Crippen molar-refractivity contribution in [3.63, 3.8) is 0 Å². The third kappa shape index (κ3) is 1.70. The van der Waals surface area contributed by atoms with E-state index in [1.807, 2.05) is 54.6 Å². The molecular formula is C16H11F. The second kappa shape index (κ2) is 4.02. The first-order valence-corrected chi connectivity index (χ1v) is 5.59. The molecule has 0 nitrogen and oxygen atoms in total. The van der Waals surface area contributed by atoms with Gasteiger partial charge in [-0.1, -0.05) is 60.7 Å². The van der Waals surface area contributed by atoms with Crippen molar-refractivity contribution >= 4 is 10.8 Å². The summed E-state index contributed by atoms with van der Waals surface area (Å²) in [4.78, 5) is 0. The minimum atomic E-state index is -0.166. The first kappa shape index (κ1) is 10.0. The molecule has 0 saturated heterocycles. The number of fused-ring (bicyclic) bond motifs is 1. The minimum absolute atomic E-state index is 0.166. The molecule has 0 heterocycles. The summed E-state index contributed by atoms with van der Waals surface area (Å²) in [5.41, 5.74) is 2.19. The number of benzene rings is 3. The van der Waals surface area contributed by atoms with E-state index in [9.17, 15) is 4.39 Å². The van der Waals surface area contributed by atoms with Crippen molar-refractivity contribution in [3.8, 4) is 11.1 Å². The molecule has 0 bridgehead atoms. The highest BCUT2D eigenvalue weighted by Crippen LogP contribution is 2.29. The molecule has 0 amide bonds. The molecule has 0 aliphatic rings. The normalized spacial score (nSPS) is 10.6. The Morgan fingerprint density at radius 2 is 1.29 bits per heavy atom. The maximum atomic E-state index is 13.7. The van der Waals surface area contributed by atoms with Gasteiger partial charge in [-0.2, -0.15) is 0 Å². The topological polar surface area (TPSA) is 0 Å². The van der Waals surface area contributed by atoms with Gasteiger partial charge in [0.2, 0.25) is 0 Å². The van der Waals surface area contributed by atoms with E-state index in [2.05, 4.69) is 0 Å². The van der Waals surface area contributed by atoms with Crippen LogP contribution in [0.15, 0.2) is 66.7 Å². The second-order valence-electron chi connectivity index (χ2n) is 4.01. The van der Waals surface area contributed by atoms with Crippen LogP contribution in [0.3, 0.4) is 0 Å². The monoisotopic (exact) mass is 222 g/mol. The molecule has 0 unspecified atom stereocenters.